The number of hydrogen-bond acceptors (Lipinski definition) is 3. The van der Waals surface area contributed by atoms with Gasteiger partial charge in [0.2, 0.25) is 0 Å². The molecule has 3 aromatic heterocycles. The molecule has 4 rings (SSSR count). The van der Waals surface area contributed by atoms with Crippen LogP contribution in [0.5, 0.6) is 0 Å². The summed E-state index contributed by atoms with van der Waals surface area (Å²) in [6.45, 7) is 6.52. The lowest BCUT2D eigenvalue weighted by Gasteiger charge is -2.17. The lowest BCUT2D eigenvalue weighted by molar-refractivity contribution is 0.928. The van der Waals surface area contributed by atoms with Crippen LogP contribution in [0, 0.1) is 13.8 Å². The molecule has 1 aliphatic rings. The van der Waals surface area contributed by atoms with Gasteiger partial charge in [0.15, 0.2) is 0 Å². The standard InChI is InChI=1S/C10H14N2.C10H10N2/c1-9-5-4-6-11-10(9)12-7-2-3-8-12;1-9-6-10(8-11-7-9)12-4-2-3-5-12/h4-6H,2-3,7-8H2,1H3;2-8H,1H3. The minimum atomic E-state index is 1.11. The molecule has 0 radical (unpaired) electrons. The monoisotopic (exact) mass is 320 g/mol. The first-order valence-corrected chi connectivity index (χ1v) is 8.45. The summed E-state index contributed by atoms with van der Waals surface area (Å²) in [5.41, 5.74) is 3.58. The molecule has 1 fully saturated rings. The number of hydrogen-bond donors (Lipinski definition) is 0. The van der Waals surface area contributed by atoms with Gasteiger partial charge in [-0.2, -0.15) is 0 Å². The molecule has 0 unspecified atom stereocenters. The number of pyridine rings is 2. The molecule has 124 valence electrons. The van der Waals surface area contributed by atoms with Crippen LogP contribution < -0.4 is 4.90 Å². The van der Waals surface area contributed by atoms with Gasteiger partial charge in [0.25, 0.3) is 0 Å². The molecule has 0 saturated carbocycles. The van der Waals surface area contributed by atoms with Gasteiger partial charge in [-0.05, 0) is 62.1 Å². The minimum Gasteiger partial charge on any atom is -0.356 e. The predicted molar refractivity (Wildman–Crippen MR) is 98.7 cm³/mol. The van der Waals surface area contributed by atoms with Crippen LogP contribution in [-0.4, -0.2) is 27.6 Å². The summed E-state index contributed by atoms with van der Waals surface area (Å²) in [7, 11) is 0. The van der Waals surface area contributed by atoms with Gasteiger partial charge < -0.3 is 9.47 Å². The van der Waals surface area contributed by atoms with Crippen molar-refractivity contribution in [1.29, 1.82) is 0 Å². The molecule has 0 atom stereocenters. The zero-order chi connectivity index (χ0) is 16.8. The highest BCUT2D eigenvalue weighted by Gasteiger charge is 2.14. The van der Waals surface area contributed by atoms with Crippen molar-refractivity contribution in [3.8, 4) is 5.69 Å². The molecular weight excluding hydrogens is 296 g/mol. The van der Waals surface area contributed by atoms with Crippen LogP contribution in [0.1, 0.15) is 24.0 Å². The van der Waals surface area contributed by atoms with Crippen LogP contribution >= 0.6 is 0 Å². The maximum atomic E-state index is 4.39. The highest BCUT2D eigenvalue weighted by atomic mass is 15.2. The fraction of sp³-hybridized carbons (Fsp3) is 0.300. The molecule has 1 saturated heterocycles. The first-order valence-electron chi connectivity index (χ1n) is 8.45. The van der Waals surface area contributed by atoms with E-state index in [1.165, 1.54) is 42.9 Å². The molecule has 3 aromatic rings. The molecule has 0 amide bonds. The molecule has 24 heavy (non-hydrogen) atoms. The maximum Gasteiger partial charge on any atom is 0.131 e. The number of aryl methyl sites for hydroxylation is 2. The smallest absolute Gasteiger partial charge is 0.131 e. The number of nitrogens with zero attached hydrogens (tertiary/aromatic N) is 4. The number of aromatic nitrogens is 3. The summed E-state index contributed by atoms with van der Waals surface area (Å²) in [5, 5.41) is 0. The average Bonchev–Trinajstić information content (AvgIpc) is 3.30. The highest BCUT2D eigenvalue weighted by molar-refractivity contribution is 5.46. The summed E-state index contributed by atoms with van der Waals surface area (Å²) < 4.78 is 2.04. The summed E-state index contributed by atoms with van der Waals surface area (Å²) in [6, 6.07) is 10.2. The zero-order valence-electron chi connectivity index (χ0n) is 14.4. The maximum absolute atomic E-state index is 4.39. The Bertz CT molecular complexity index is 759. The normalized spacial score (nSPS) is 13.5. The van der Waals surface area contributed by atoms with Crippen molar-refractivity contribution in [1.82, 2.24) is 14.5 Å². The Morgan fingerprint density at radius 3 is 2.38 bits per heavy atom. The third kappa shape index (κ3) is 4.02. The van der Waals surface area contributed by atoms with Gasteiger partial charge in [-0.25, -0.2) is 4.98 Å². The van der Waals surface area contributed by atoms with Crippen LogP contribution in [-0.2, 0) is 0 Å². The third-order valence-electron chi connectivity index (χ3n) is 4.15. The second-order valence-corrected chi connectivity index (χ2v) is 6.15. The van der Waals surface area contributed by atoms with Gasteiger partial charge in [-0.3, -0.25) is 4.98 Å². The van der Waals surface area contributed by atoms with Crippen LogP contribution in [0.15, 0.2) is 61.3 Å². The quantitative estimate of drug-likeness (QED) is 0.710. The van der Waals surface area contributed by atoms with Crippen molar-refractivity contribution in [3.05, 3.63) is 72.4 Å². The van der Waals surface area contributed by atoms with Crippen molar-refractivity contribution in [2.24, 2.45) is 0 Å². The fourth-order valence-corrected chi connectivity index (χ4v) is 2.92. The Balaban J connectivity index is 0.000000141. The third-order valence-corrected chi connectivity index (χ3v) is 4.15. The first-order chi connectivity index (χ1) is 11.7. The molecule has 4 nitrogen and oxygen atoms in total. The summed E-state index contributed by atoms with van der Waals surface area (Å²) in [5.74, 6) is 1.18. The SMILES string of the molecule is Cc1cccnc1N1CCCC1.Cc1cncc(-n2cccc2)c1. The van der Waals surface area contributed by atoms with Crippen molar-refractivity contribution in [3.63, 3.8) is 0 Å². The van der Waals surface area contributed by atoms with Gasteiger partial charge in [-0.15, -0.1) is 0 Å². The van der Waals surface area contributed by atoms with Crippen molar-refractivity contribution < 1.29 is 0 Å². The Morgan fingerprint density at radius 2 is 1.71 bits per heavy atom. The Kier molecular flexibility index (Phi) is 5.26. The topological polar surface area (TPSA) is 34.0 Å². The zero-order valence-corrected chi connectivity index (χ0v) is 14.4. The fourth-order valence-electron chi connectivity index (χ4n) is 2.92. The lowest BCUT2D eigenvalue weighted by atomic mass is 10.3. The van der Waals surface area contributed by atoms with E-state index in [1.54, 1.807) is 0 Å². The lowest BCUT2D eigenvalue weighted by Crippen LogP contribution is -2.19. The molecule has 1 aliphatic heterocycles. The first kappa shape index (κ1) is 16.2. The van der Waals surface area contributed by atoms with E-state index in [4.69, 9.17) is 0 Å². The molecule has 0 spiro atoms. The van der Waals surface area contributed by atoms with E-state index < -0.39 is 0 Å². The minimum absolute atomic E-state index is 1.11. The van der Waals surface area contributed by atoms with E-state index in [-0.39, 0.29) is 0 Å². The molecular formula is C20H24N4. The molecule has 0 aliphatic carbocycles. The largest absolute Gasteiger partial charge is 0.356 e. The molecule has 0 bridgehead atoms. The Labute approximate surface area is 143 Å². The van der Waals surface area contributed by atoms with Gasteiger partial charge in [0.05, 0.1) is 11.9 Å². The Morgan fingerprint density at radius 1 is 0.958 bits per heavy atom. The summed E-state index contributed by atoms with van der Waals surface area (Å²) >= 11 is 0. The summed E-state index contributed by atoms with van der Waals surface area (Å²) in [4.78, 5) is 10.9. The molecule has 4 heterocycles. The molecule has 0 aromatic carbocycles. The van der Waals surface area contributed by atoms with Crippen molar-refractivity contribution >= 4 is 5.82 Å². The van der Waals surface area contributed by atoms with Gasteiger partial charge in [0.1, 0.15) is 5.82 Å². The number of anilines is 1. The van der Waals surface area contributed by atoms with Gasteiger partial charge in [0, 0.05) is 37.9 Å². The van der Waals surface area contributed by atoms with Crippen molar-refractivity contribution in [2.45, 2.75) is 26.7 Å². The van der Waals surface area contributed by atoms with E-state index >= 15 is 0 Å². The van der Waals surface area contributed by atoms with E-state index in [0.29, 0.717) is 0 Å². The van der Waals surface area contributed by atoms with Crippen LogP contribution in [0.2, 0.25) is 0 Å². The van der Waals surface area contributed by atoms with Gasteiger partial charge >= 0.3 is 0 Å². The van der Waals surface area contributed by atoms with E-state index in [0.717, 1.165) is 5.69 Å². The Hall–Kier alpha value is -2.62. The second-order valence-electron chi connectivity index (χ2n) is 6.15. The average molecular weight is 320 g/mol. The van der Waals surface area contributed by atoms with Crippen LogP contribution in [0.3, 0.4) is 0 Å². The van der Waals surface area contributed by atoms with E-state index in [2.05, 4.69) is 33.9 Å². The second kappa shape index (κ2) is 7.77. The molecule has 0 N–H and O–H groups in total. The van der Waals surface area contributed by atoms with Crippen LogP contribution in [0.25, 0.3) is 5.69 Å². The van der Waals surface area contributed by atoms with E-state index in [9.17, 15) is 0 Å². The number of rotatable bonds is 2. The summed E-state index contributed by atoms with van der Waals surface area (Å²) in [6.07, 6.45) is 12.2. The highest BCUT2D eigenvalue weighted by Crippen LogP contribution is 2.20. The van der Waals surface area contributed by atoms with Crippen molar-refractivity contribution in [2.75, 3.05) is 18.0 Å². The van der Waals surface area contributed by atoms with E-state index in [1.807, 2.05) is 60.7 Å². The molecule has 4 heteroatoms. The van der Waals surface area contributed by atoms with Gasteiger partial charge in [-0.1, -0.05) is 6.07 Å². The van der Waals surface area contributed by atoms with Crippen LogP contribution in [0.4, 0.5) is 5.82 Å². The predicted octanol–water partition coefficient (Wildman–Crippen LogP) is 4.17.